The highest BCUT2D eigenvalue weighted by molar-refractivity contribution is 7.89. The molecule has 3 rings (SSSR count). The van der Waals surface area contributed by atoms with E-state index in [9.17, 15) is 16.8 Å². The van der Waals surface area contributed by atoms with E-state index in [1.165, 1.54) is 24.3 Å². The number of rotatable bonds is 4. The minimum atomic E-state index is -3.99. The van der Waals surface area contributed by atoms with Crippen LogP contribution in [0.25, 0.3) is 22.4 Å². The van der Waals surface area contributed by atoms with Crippen molar-refractivity contribution in [2.45, 2.75) is 16.7 Å². The topological polar surface area (TPSA) is 146 Å². The molecule has 0 saturated carbocycles. The van der Waals surface area contributed by atoms with E-state index in [0.717, 1.165) is 0 Å². The van der Waals surface area contributed by atoms with Gasteiger partial charge in [0.2, 0.25) is 20.0 Å². The first-order valence-electron chi connectivity index (χ1n) is 7.31. The van der Waals surface area contributed by atoms with Crippen LogP contribution in [0.5, 0.6) is 0 Å². The lowest BCUT2D eigenvalue weighted by Crippen LogP contribution is -2.13. The molecule has 0 radical (unpaired) electrons. The highest BCUT2D eigenvalue weighted by Crippen LogP contribution is 2.37. The lowest BCUT2D eigenvalue weighted by Gasteiger charge is -2.09. The zero-order chi connectivity index (χ0) is 19.1. The van der Waals surface area contributed by atoms with E-state index in [0.29, 0.717) is 22.5 Å². The van der Waals surface area contributed by atoms with Gasteiger partial charge in [-0.1, -0.05) is 35.5 Å². The Labute approximate surface area is 150 Å². The van der Waals surface area contributed by atoms with Gasteiger partial charge >= 0.3 is 0 Å². The summed E-state index contributed by atoms with van der Waals surface area (Å²) in [6.45, 7) is 1.62. The van der Waals surface area contributed by atoms with Gasteiger partial charge < -0.3 is 4.52 Å². The van der Waals surface area contributed by atoms with Gasteiger partial charge in [-0.15, -0.1) is 0 Å². The van der Waals surface area contributed by atoms with Gasteiger partial charge in [0.05, 0.1) is 15.4 Å². The van der Waals surface area contributed by atoms with E-state index in [2.05, 4.69) is 5.16 Å². The molecule has 26 heavy (non-hydrogen) atoms. The summed E-state index contributed by atoms with van der Waals surface area (Å²) in [6, 6.07) is 12.0. The summed E-state index contributed by atoms with van der Waals surface area (Å²) >= 11 is 0. The van der Waals surface area contributed by atoms with Gasteiger partial charge in [-0.3, -0.25) is 0 Å². The Bertz CT molecular complexity index is 1200. The van der Waals surface area contributed by atoms with Crippen molar-refractivity contribution >= 4 is 20.0 Å². The van der Waals surface area contributed by atoms with E-state index >= 15 is 0 Å². The zero-order valence-electron chi connectivity index (χ0n) is 13.6. The van der Waals surface area contributed by atoms with Crippen molar-refractivity contribution in [3.05, 3.63) is 54.3 Å². The maximum Gasteiger partial charge on any atom is 0.238 e. The van der Waals surface area contributed by atoms with Crippen LogP contribution in [0, 0.1) is 6.92 Å². The maximum atomic E-state index is 11.9. The summed E-state index contributed by atoms with van der Waals surface area (Å²) < 4.78 is 52.3. The SMILES string of the molecule is Cc1onc(-c2cccc(S(N)(=O)=O)c2)c1-c1ccccc1S(N)(=O)=O. The second kappa shape index (κ2) is 6.32. The fourth-order valence-electron chi connectivity index (χ4n) is 2.63. The van der Waals surface area contributed by atoms with Crippen molar-refractivity contribution in [1.82, 2.24) is 5.16 Å². The van der Waals surface area contributed by atoms with Crippen molar-refractivity contribution in [1.29, 1.82) is 0 Å². The molecule has 4 N–H and O–H groups in total. The number of aryl methyl sites for hydroxylation is 1. The summed E-state index contributed by atoms with van der Waals surface area (Å²) in [5, 5.41) is 14.4. The Morgan fingerprint density at radius 3 is 2.27 bits per heavy atom. The van der Waals surface area contributed by atoms with Crippen molar-refractivity contribution < 1.29 is 21.4 Å². The van der Waals surface area contributed by atoms with Crippen molar-refractivity contribution in [3.63, 3.8) is 0 Å². The van der Waals surface area contributed by atoms with Crippen LogP contribution >= 0.6 is 0 Å². The molecule has 0 fully saturated rings. The molecule has 0 unspecified atom stereocenters. The van der Waals surface area contributed by atoms with Crippen LogP contribution in [0.1, 0.15) is 5.76 Å². The molecule has 0 saturated heterocycles. The summed E-state index contributed by atoms with van der Waals surface area (Å²) in [5.74, 6) is 0.358. The molecular formula is C16H15N3O5S2. The number of aromatic nitrogens is 1. The van der Waals surface area contributed by atoms with Gasteiger partial charge in [-0.05, 0) is 25.1 Å². The third-order valence-electron chi connectivity index (χ3n) is 3.76. The zero-order valence-corrected chi connectivity index (χ0v) is 15.2. The molecule has 0 atom stereocenters. The molecule has 0 aliphatic carbocycles. The Morgan fingerprint density at radius 1 is 0.923 bits per heavy atom. The van der Waals surface area contributed by atoms with Crippen LogP contribution in [0.2, 0.25) is 0 Å². The van der Waals surface area contributed by atoms with E-state index < -0.39 is 20.0 Å². The fraction of sp³-hybridized carbons (Fsp3) is 0.0625. The van der Waals surface area contributed by atoms with Gasteiger partial charge in [0, 0.05) is 11.1 Å². The monoisotopic (exact) mass is 393 g/mol. The number of hydrogen-bond acceptors (Lipinski definition) is 6. The van der Waals surface area contributed by atoms with E-state index in [1.807, 2.05) is 0 Å². The third kappa shape index (κ3) is 3.40. The molecule has 1 aromatic heterocycles. The van der Waals surface area contributed by atoms with Gasteiger partial charge in [-0.25, -0.2) is 27.1 Å². The Hall–Kier alpha value is -2.53. The summed E-state index contributed by atoms with van der Waals surface area (Å²) in [4.78, 5) is -0.184. The minimum absolute atomic E-state index is 0.0878. The lowest BCUT2D eigenvalue weighted by atomic mass is 9.99. The molecule has 1 heterocycles. The second-order valence-corrected chi connectivity index (χ2v) is 8.67. The Morgan fingerprint density at radius 2 is 1.62 bits per heavy atom. The normalized spacial score (nSPS) is 12.3. The first kappa shape index (κ1) is 18.3. The second-order valence-electron chi connectivity index (χ2n) is 5.58. The van der Waals surface area contributed by atoms with Crippen LogP contribution in [0.3, 0.4) is 0 Å². The Kier molecular flexibility index (Phi) is 4.44. The van der Waals surface area contributed by atoms with Crippen LogP contribution < -0.4 is 10.3 Å². The van der Waals surface area contributed by atoms with Gasteiger partial charge in [0.15, 0.2) is 0 Å². The predicted molar refractivity (Wildman–Crippen MR) is 94.9 cm³/mol. The fourth-order valence-corrected chi connectivity index (χ4v) is 3.93. The maximum absolute atomic E-state index is 11.9. The van der Waals surface area contributed by atoms with E-state index in [-0.39, 0.29) is 15.5 Å². The molecule has 0 aliphatic heterocycles. The first-order chi connectivity index (χ1) is 12.1. The standard InChI is InChI=1S/C16H15N3O5S2/c1-10-15(13-7-2-3-8-14(13)26(18,22)23)16(19-24-10)11-5-4-6-12(9-11)25(17,20)21/h2-9H,1H3,(H2,17,20,21)(H2,18,22,23). The molecule has 3 aromatic rings. The number of nitrogens with two attached hydrogens (primary N) is 2. The largest absolute Gasteiger partial charge is 0.360 e. The molecule has 2 aromatic carbocycles. The van der Waals surface area contributed by atoms with Crippen LogP contribution in [0.15, 0.2) is 62.8 Å². The quantitative estimate of drug-likeness (QED) is 0.688. The third-order valence-corrected chi connectivity index (χ3v) is 5.64. The molecule has 0 spiro atoms. The average Bonchev–Trinajstić information content (AvgIpc) is 2.95. The number of nitrogens with zero attached hydrogens (tertiary/aromatic N) is 1. The van der Waals surface area contributed by atoms with Gasteiger partial charge in [0.1, 0.15) is 11.5 Å². The van der Waals surface area contributed by atoms with Crippen LogP contribution in [-0.2, 0) is 20.0 Å². The van der Waals surface area contributed by atoms with E-state index in [1.54, 1.807) is 31.2 Å². The van der Waals surface area contributed by atoms with Crippen molar-refractivity contribution in [2.24, 2.45) is 10.3 Å². The summed E-state index contributed by atoms with van der Waals surface area (Å²) in [7, 11) is -7.90. The molecule has 0 aliphatic rings. The predicted octanol–water partition coefficient (Wildman–Crippen LogP) is 1.61. The van der Waals surface area contributed by atoms with E-state index in [4.69, 9.17) is 14.8 Å². The van der Waals surface area contributed by atoms with Crippen molar-refractivity contribution in [2.75, 3.05) is 0 Å². The first-order valence-corrected chi connectivity index (χ1v) is 10.4. The molecule has 0 bridgehead atoms. The average molecular weight is 393 g/mol. The smallest absolute Gasteiger partial charge is 0.238 e. The summed E-state index contributed by atoms with van der Waals surface area (Å²) in [5.41, 5.74) is 1.41. The number of primary sulfonamides is 2. The number of sulfonamides is 2. The molecule has 8 nitrogen and oxygen atoms in total. The molecule has 10 heteroatoms. The van der Waals surface area contributed by atoms with Crippen LogP contribution in [-0.4, -0.2) is 22.0 Å². The van der Waals surface area contributed by atoms with Gasteiger partial charge in [-0.2, -0.15) is 0 Å². The van der Waals surface area contributed by atoms with Gasteiger partial charge in [0.25, 0.3) is 0 Å². The lowest BCUT2D eigenvalue weighted by molar-refractivity contribution is 0.400. The number of hydrogen-bond donors (Lipinski definition) is 2. The molecule has 0 amide bonds. The minimum Gasteiger partial charge on any atom is -0.360 e. The highest BCUT2D eigenvalue weighted by Gasteiger charge is 2.23. The molecule has 136 valence electrons. The highest BCUT2D eigenvalue weighted by atomic mass is 32.2. The number of benzene rings is 2. The summed E-state index contributed by atoms with van der Waals surface area (Å²) in [6.07, 6.45) is 0. The Balaban J connectivity index is 2.29. The van der Waals surface area contributed by atoms with Crippen molar-refractivity contribution in [3.8, 4) is 22.4 Å². The van der Waals surface area contributed by atoms with Crippen LogP contribution in [0.4, 0.5) is 0 Å². The molecular weight excluding hydrogens is 378 g/mol.